The first-order valence-corrected chi connectivity index (χ1v) is 6.27. The molecule has 1 heterocycles. The zero-order valence-electron chi connectivity index (χ0n) is 11.8. The number of anilines is 2. The number of rotatable bonds is 4. The van der Waals surface area contributed by atoms with Gasteiger partial charge in [-0.2, -0.15) is 0 Å². The van der Waals surface area contributed by atoms with Gasteiger partial charge in [0, 0.05) is 23.5 Å². The van der Waals surface area contributed by atoms with Gasteiger partial charge >= 0.3 is 0 Å². The van der Waals surface area contributed by atoms with Crippen molar-refractivity contribution in [1.29, 1.82) is 0 Å². The number of hydrogen-bond donors (Lipinski definition) is 2. The Hall–Kier alpha value is -2.83. The molecule has 0 aliphatic rings. The summed E-state index contributed by atoms with van der Waals surface area (Å²) in [7, 11) is 1.54. The number of nitrogens with zero attached hydrogens (tertiary/aromatic N) is 2. The molecule has 0 bridgehead atoms. The van der Waals surface area contributed by atoms with E-state index in [0.29, 0.717) is 17.1 Å². The average molecular weight is 288 g/mol. The van der Waals surface area contributed by atoms with E-state index < -0.39 is 0 Å². The summed E-state index contributed by atoms with van der Waals surface area (Å²) in [5.41, 5.74) is 6.39. The highest BCUT2D eigenvalue weighted by Gasteiger charge is 2.09. The summed E-state index contributed by atoms with van der Waals surface area (Å²) in [5, 5.41) is 2.67. The minimum absolute atomic E-state index is 0.0146. The van der Waals surface area contributed by atoms with Gasteiger partial charge in [0.2, 0.25) is 11.9 Å². The number of aryl methyl sites for hydroxylation is 1. The number of nitrogen functional groups attached to an aromatic ring is 1. The number of aromatic nitrogens is 2. The molecule has 110 valence electrons. The molecule has 7 heteroatoms. The highest BCUT2D eigenvalue weighted by atomic mass is 16.5. The van der Waals surface area contributed by atoms with Crippen molar-refractivity contribution < 1.29 is 9.53 Å². The predicted molar refractivity (Wildman–Crippen MR) is 79.3 cm³/mol. The Labute approximate surface area is 121 Å². The summed E-state index contributed by atoms with van der Waals surface area (Å²) < 4.78 is 6.18. The maximum atomic E-state index is 12.0. The molecular weight excluding hydrogens is 272 g/mol. The van der Waals surface area contributed by atoms with Crippen molar-refractivity contribution in [3.05, 3.63) is 46.4 Å². The van der Waals surface area contributed by atoms with Crippen LogP contribution in [0.3, 0.4) is 0 Å². The summed E-state index contributed by atoms with van der Waals surface area (Å²) in [6.07, 6.45) is 0. The molecule has 0 aliphatic carbocycles. The Morgan fingerprint density at radius 2 is 2.19 bits per heavy atom. The van der Waals surface area contributed by atoms with Crippen LogP contribution in [0.15, 0.2) is 35.1 Å². The molecule has 21 heavy (non-hydrogen) atoms. The van der Waals surface area contributed by atoms with Crippen LogP contribution in [-0.2, 0) is 11.3 Å². The largest absolute Gasteiger partial charge is 0.497 e. The number of carbonyl (C=O) groups excluding carboxylic acids is 1. The second-order valence-corrected chi connectivity index (χ2v) is 4.46. The molecule has 2 rings (SSSR count). The van der Waals surface area contributed by atoms with Crippen LogP contribution in [0.25, 0.3) is 0 Å². The van der Waals surface area contributed by atoms with Crippen molar-refractivity contribution in [1.82, 2.24) is 9.55 Å². The zero-order chi connectivity index (χ0) is 15.4. The van der Waals surface area contributed by atoms with E-state index in [1.54, 1.807) is 38.3 Å². The summed E-state index contributed by atoms with van der Waals surface area (Å²) in [6, 6.07) is 8.25. The summed E-state index contributed by atoms with van der Waals surface area (Å²) >= 11 is 0. The van der Waals surface area contributed by atoms with Crippen molar-refractivity contribution in [2.45, 2.75) is 13.5 Å². The molecule has 0 aliphatic heterocycles. The van der Waals surface area contributed by atoms with E-state index >= 15 is 0 Å². The first kappa shape index (κ1) is 14.6. The third-order valence-electron chi connectivity index (χ3n) is 2.82. The summed E-state index contributed by atoms with van der Waals surface area (Å²) in [4.78, 5) is 27.7. The molecule has 0 fully saturated rings. The summed E-state index contributed by atoms with van der Waals surface area (Å²) in [6.45, 7) is 1.47. The van der Waals surface area contributed by atoms with E-state index in [4.69, 9.17) is 10.5 Å². The van der Waals surface area contributed by atoms with Crippen LogP contribution >= 0.6 is 0 Å². The smallest absolute Gasteiger partial charge is 0.255 e. The number of carbonyl (C=O) groups is 1. The number of amides is 1. The standard InChI is InChI=1S/C14H16N4O3/c1-9-6-13(20)18(14(15)16-9)8-12(19)17-10-4-3-5-11(7-10)21-2/h3-7H,8H2,1-2H3,(H2,15,16)(H,17,19). The molecule has 0 spiro atoms. The number of hydrogen-bond acceptors (Lipinski definition) is 5. The highest BCUT2D eigenvalue weighted by molar-refractivity contribution is 5.90. The van der Waals surface area contributed by atoms with Crippen LogP contribution in [0.4, 0.5) is 11.6 Å². The monoisotopic (exact) mass is 288 g/mol. The third kappa shape index (κ3) is 3.59. The molecule has 0 unspecified atom stereocenters. The van der Waals surface area contributed by atoms with E-state index in [1.807, 2.05) is 0 Å². The van der Waals surface area contributed by atoms with Gasteiger partial charge in [-0.05, 0) is 19.1 Å². The van der Waals surface area contributed by atoms with Gasteiger partial charge in [-0.15, -0.1) is 0 Å². The first-order chi connectivity index (χ1) is 9.99. The van der Waals surface area contributed by atoms with Crippen LogP contribution in [-0.4, -0.2) is 22.6 Å². The van der Waals surface area contributed by atoms with Crippen molar-refractivity contribution >= 4 is 17.5 Å². The topological polar surface area (TPSA) is 99.2 Å². The third-order valence-corrected chi connectivity index (χ3v) is 2.82. The fourth-order valence-electron chi connectivity index (χ4n) is 1.85. The van der Waals surface area contributed by atoms with Crippen molar-refractivity contribution in [3.8, 4) is 5.75 Å². The highest BCUT2D eigenvalue weighted by Crippen LogP contribution is 2.16. The van der Waals surface area contributed by atoms with Gasteiger partial charge in [0.1, 0.15) is 12.3 Å². The fourth-order valence-corrected chi connectivity index (χ4v) is 1.85. The minimum atomic E-state index is -0.372. The van der Waals surface area contributed by atoms with Gasteiger partial charge in [0.05, 0.1) is 7.11 Å². The predicted octanol–water partition coefficient (Wildman–Crippen LogP) is 0.781. The Bertz CT molecular complexity index is 724. The molecule has 2 aromatic rings. The number of benzene rings is 1. The molecule has 7 nitrogen and oxygen atoms in total. The maximum Gasteiger partial charge on any atom is 0.255 e. The lowest BCUT2D eigenvalue weighted by Gasteiger charge is -2.10. The van der Waals surface area contributed by atoms with Gasteiger partial charge in [-0.1, -0.05) is 6.07 Å². The number of nitrogens with one attached hydrogen (secondary N) is 1. The molecule has 1 aromatic heterocycles. The second kappa shape index (κ2) is 6.08. The van der Waals surface area contributed by atoms with E-state index in [0.717, 1.165) is 4.57 Å². The van der Waals surface area contributed by atoms with Gasteiger partial charge in [-0.25, -0.2) is 4.98 Å². The lowest BCUT2D eigenvalue weighted by atomic mass is 10.3. The molecule has 0 saturated heterocycles. The Morgan fingerprint density at radius 1 is 1.43 bits per heavy atom. The Balaban J connectivity index is 2.13. The molecule has 1 aromatic carbocycles. The number of nitrogens with two attached hydrogens (primary N) is 1. The molecule has 3 N–H and O–H groups in total. The number of ether oxygens (including phenoxy) is 1. The van der Waals surface area contributed by atoms with Gasteiger partial charge in [0.15, 0.2) is 0 Å². The van der Waals surface area contributed by atoms with Crippen LogP contribution in [0.1, 0.15) is 5.69 Å². The Kier molecular flexibility index (Phi) is 4.22. The van der Waals surface area contributed by atoms with Crippen LogP contribution in [0.2, 0.25) is 0 Å². The quantitative estimate of drug-likeness (QED) is 0.866. The lowest BCUT2D eigenvalue weighted by Crippen LogP contribution is -2.30. The Morgan fingerprint density at radius 3 is 2.86 bits per heavy atom. The SMILES string of the molecule is COc1cccc(NC(=O)Cn2c(N)nc(C)cc2=O)c1. The van der Waals surface area contributed by atoms with E-state index in [-0.39, 0.29) is 24.0 Å². The molecule has 0 saturated carbocycles. The maximum absolute atomic E-state index is 12.0. The second-order valence-electron chi connectivity index (χ2n) is 4.46. The van der Waals surface area contributed by atoms with Gasteiger partial charge in [-0.3, -0.25) is 14.2 Å². The van der Waals surface area contributed by atoms with Crippen LogP contribution in [0.5, 0.6) is 5.75 Å². The number of methoxy groups -OCH3 is 1. The average Bonchev–Trinajstić information content (AvgIpc) is 2.43. The first-order valence-electron chi connectivity index (χ1n) is 6.27. The molecular formula is C14H16N4O3. The van der Waals surface area contributed by atoms with Crippen LogP contribution < -0.4 is 21.3 Å². The van der Waals surface area contributed by atoms with Crippen molar-refractivity contribution in [2.24, 2.45) is 0 Å². The lowest BCUT2D eigenvalue weighted by molar-refractivity contribution is -0.116. The summed E-state index contributed by atoms with van der Waals surface area (Å²) in [5.74, 6) is 0.269. The molecule has 0 atom stereocenters. The molecule has 1 amide bonds. The van der Waals surface area contributed by atoms with Crippen LogP contribution in [0, 0.1) is 6.92 Å². The normalized spacial score (nSPS) is 10.2. The van der Waals surface area contributed by atoms with E-state index in [9.17, 15) is 9.59 Å². The van der Waals surface area contributed by atoms with Crippen molar-refractivity contribution in [3.63, 3.8) is 0 Å². The van der Waals surface area contributed by atoms with E-state index in [1.165, 1.54) is 6.07 Å². The minimum Gasteiger partial charge on any atom is -0.497 e. The van der Waals surface area contributed by atoms with E-state index in [2.05, 4.69) is 10.3 Å². The fraction of sp³-hybridized carbons (Fsp3) is 0.214. The van der Waals surface area contributed by atoms with Crippen molar-refractivity contribution in [2.75, 3.05) is 18.2 Å². The molecule has 0 radical (unpaired) electrons. The zero-order valence-corrected chi connectivity index (χ0v) is 11.8. The van der Waals surface area contributed by atoms with Gasteiger partial charge in [0.25, 0.3) is 5.56 Å². The van der Waals surface area contributed by atoms with Gasteiger partial charge < -0.3 is 15.8 Å².